The molecule has 8 heteroatoms. The van der Waals surface area contributed by atoms with Crippen LogP contribution >= 0.6 is 0 Å². The zero-order valence-electron chi connectivity index (χ0n) is 19.7. The van der Waals surface area contributed by atoms with Crippen molar-refractivity contribution in [2.45, 2.75) is 69.5 Å². The number of anilines is 2. The third-order valence-corrected chi connectivity index (χ3v) is 7.01. The molecule has 2 fully saturated rings. The van der Waals surface area contributed by atoms with Crippen molar-refractivity contribution >= 4 is 17.7 Å². The van der Waals surface area contributed by atoms with Crippen LogP contribution in [0, 0.1) is 0 Å². The fourth-order valence-electron chi connectivity index (χ4n) is 5.07. The lowest BCUT2D eigenvalue weighted by molar-refractivity contribution is -0.144. The molecule has 2 bridgehead atoms. The molecule has 0 saturated carbocycles. The number of benzene rings is 2. The van der Waals surface area contributed by atoms with Crippen molar-refractivity contribution in [3.05, 3.63) is 60.0 Å². The number of nitrogens with zero attached hydrogens (tertiary/aromatic N) is 3. The van der Waals surface area contributed by atoms with Gasteiger partial charge in [0.15, 0.2) is 0 Å². The predicted molar refractivity (Wildman–Crippen MR) is 127 cm³/mol. The monoisotopic (exact) mass is 462 g/mol. The van der Waals surface area contributed by atoms with Crippen LogP contribution in [0.2, 0.25) is 0 Å². The fraction of sp³-hybridized carbons (Fsp3) is 0.423. The van der Waals surface area contributed by atoms with Crippen LogP contribution in [0.3, 0.4) is 0 Å². The Labute approximate surface area is 198 Å². The Morgan fingerprint density at radius 2 is 1.59 bits per heavy atom. The van der Waals surface area contributed by atoms with Crippen LogP contribution in [0.15, 0.2) is 52.9 Å². The molecule has 2 aliphatic heterocycles. The SMILES string of the molecule is CC(C)(C)c1nnc(N(N)c2ccc(-c3ccc(C45CCC(CC(=O)O)(CC4)O5)cc3)cc2)o1. The standard InChI is InChI=1S/C26H30N4O4/c1-24(2,3)22-28-29-23(33-22)30(27)20-10-6-18(7-11-20)17-4-8-19(9-5-17)26-14-12-25(34-26,13-15-26)16-21(31)32/h4-11H,12-16,27H2,1-3H3,(H,31,32). The first-order chi connectivity index (χ1) is 16.1. The van der Waals surface area contributed by atoms with Gasteiger partial charge in [-0.15, -0.1) is 5.10 Å². The van der Waals surface area contributed by atoms with Crippen LogP contribution in [0.4, 0.5) is 11.7 Å². The number of aromatic nitrogens is 2. The second-order valence-electron chi connectivity index (χ2n) is 10.5. The Balaban J connectivity index is 1.30. The van der Waals surface area contributed by atoms with E-state index >= 15 is 0 Å². The number of carboxylic acids is 1. The molecule has 2 aliphatic rings. The highest BCUT2D eigenvalue weighted by Crippen LogP contribution is 2.57. The summed E-state index contributed by atoms with van der Waals surface area (Å²) in [5.41, 5.74) is 2.90. The van der Waals surface area contributed by atoms with E-state index in [1.54, 1.807) is 0 Å². The van der Waals surface area contributed by atoms with Gasteiger partial charge in [0.2, 0.25) is 5.89 Å². The van der Waals surface area contributed by atoms with E-state index in [-0.39, 0.29) is 23.5 Å². The first-order valence-electron chi connectivity index (χ1n) is 11.6. The first-order valence-corrected chi connectivity index (χ1v) is 11.6. The highest BCUT2D eigenvalue weighted by atomic mass is 16.5. The number of hydrazine groups is 1. The van der Waals surface area contributed by atoms with E-state index in [1.165, 1.54) is 5.01 Å². The minimum absolute atomic E-state index is 0.0818. The topological polar surface area (TPSA) is 115 Å². The Bertz CT molecular complexity index is 1190. The summed E-state index contributed by atoms with van der Waals surface area (Å²) < 4.78 is 12.1. The molecule has 0 unspecified atom stereocenters. The second-order valence-corrected chi connectivity index (χ2v) is 10.5. The molecule has 0 spiro atoms. The minimum atomic E-state index is -0.790. The molecular weight excluding hydrogens is 432 g/mol. The van der Waals surface area contributed by atoms with Gasteiger partial charge in [-0.05, 0) is 54.5 Å². The number of hydrogen-bond donors (Lipinski definition) is 2. The number of carboxylic acid groups (broad SMARTS) is 1. The van der Waals surface area contributed by atoms with Crippen LogP contribution < -0.4 is 10.9 Å². The summed E-state index contributed by atoms with van der Waals surface area (Å²) >= 11 is 0. The van der Waals surface area contributed by atoms with Crippen molar-refractivity contribution in [1.29, 1.82) is 0 Å². The second kappa shape index (κ2) is 7.92. The summed E-state index contributed by atoms with van der Waals surface area (Å²) in [6.45, 7) is 6.01. The lowest BCUT2D eigenvalue weighted by Crippen LogP contribution is -2.28. The molecule has 2 aromatic carbocycles. The maximum Gasteiger partial charge on any atom is 0.337 e. The number of rotatable bonds is 6. The van der Waals surface area contributed by atoms with Gasteiger partial charge in [-0.2, -0.15) is 0 Å². The van der Waals surface area contributed by atoms with E-state index in [0.717, 1.165) is 48.1 Å². The normalized spacial score (nSPS) is 23.9. The maximum absolute atomic E-state index is 11.3. The molecule has 5 rings (SSSR count). The summed E-state index contributed by atoms with van der Waals surface area (Å²) in [7, 11) is 0. The van der Waals surface area contributed by atoms with Crippen molar-refractivity contribution in [1.82, 2.24) is 10.2 Å². The van der Waals surface area contributed by atoms with Gasteiger partial charge in [-0.25, -0.2) is 10.9 Å². The van der Waals surface area contributed by atoms with Crippen molar-refractivity contribution in [3.8, 4) is 11.1 Å². The fourth-order valence-corrected chi connectivity index (χ4v) is 5.07. The molecule has 178 valence electrons. The smallest absolute Gasteiger partial charge is 0.337 e. The molecule has 34 heavy (non-hydrogen) atoms. The molecular formula is C26H30N4O4. The summed E-state index contributed by atoms with van der Waals surface area (Å²) in [5.74, 6) is 5.95. The molecule has 0 aliphatic carbocycles. The number of carbonyl (C=O) groups is 1. The predicted octanol–water partition coefficient (Wildman–Crippen LogP) is 5.06. The third kappa shape index (κ3) is 3.97. The van der Waals surface area contributed by atoms with Crippen molar-refractivity contribution in [2.75, 3.05) is 5.01 Å². The first kappa shape index (κ1) is 22.6. The molecule has 8 nitrogen and oxygen atoms in total. The van der Waals surface area contributed by atoms with Gasteiger partial charge >= 0.3 is 12.0 Å². The summed E-state index contributed by atoms with van der Waals surface area (Å²) in [6, 6.07) is 16.5. The van der Waals surface area contributed by atoms with Crippen molar-refractivity contribution in [2.24, 2.45) is 5.84 Å². The molecule has 0 amide bonds. The summed E-state index contributed by atoms with van der Waals surface area (Å²) in [6.07, 6.45) is 3.42. The number of aliphatic carboxylic acids is 1. The lowest BCUT2D eigenvalue weighted by Gasteiger charge is -2.25. The Kier molecular flexibility index (Phi) is 5.26. The van der Waals surface area contributed by atoms with E-state index in [1.807, 2.05) is 45.0 Å². The number of ether oxygens (including phenoxy) is 1. The highest BCUT2D eigenvalue weighted by Gasteiger charge is 2.56. The van der Waals surface area contributed by atoms with E-state index < -0.39 is 11.6 Å². The van der Waals surface area contributed by atoms with E-state index in [9.17, 15) is 9.90 Å². The zero-order valence-corrected chi connectivity index (χ0v) is 19.7. The minimum Gasteiger partial charge on any atom is -0.481 e. The van der Waals surface area contributed by atoms with Crippen molar-refractivity contribution in [3.63, 3.8) is 0 Å². The van der Waals surface area contributed by atoms with Crippen LogP contribution in [0.5, 0.6) is 0 Å². The number of hydrogen-bond acceptors (Lipinski definition) is 7. The van der Waals surface area contributed by atoms with Crippen LogP contribution in [0.25, 0.3) is 11.1 Å². The van der Waals surface area contributed by atoms with Gasteiger partial charge in [-0.1, -0.05) is 62.3 Å². The average Bonchev–Trinajstić information content (AvgIpc) is 3.53. The third-order valence-electron chi connectivity index (χ3n) is 7.01. The van der Waals surface area contributed by atoms with Crippen LogP contribution in [0.1, 0.15) is 64.3 Å². The van der Waals surface area contributed by atoms with Gasteiger partial charge in [0, 0.05) is 5.41 Å². The van der Waals surface area contributed by atoms with Crippen molar-refractivity contribution < 1.29 is 19.1 Å². The van der Waals surface area contributed by atoms with Gasteiger partial charge in [0.05, 0.1) is 23.3 Å². The average molecular weight is 463 g/mol. The molecule has 0 atom stereocenters. The molecule has 3 heterocycles. The molecule has 3 N–H and O–H groups in total. The highest BCUT2D eigenvalue weighted by molar-refractivity contribution is 5.69. The molecule has 3 aromatic rings. The maximum atomic E-state index is 11.3. The molecule has 1 aromatic heterocycles. The molecule has 0 radical (unpaired) electrons. The van der Waals surface area contributed by atoms with Gasteiger partial charge < -0.3 is 14.3 Å². The summed E-state index contributed by atoms with van der Waals surface area (Å²) in [5, 5.41) is 18.8. The van der Waals surface area contributed by atoms with Crippen LogP contribution in [-0.4, -0.2) is 26.9 Å². The number of nitrogens with two attached hydrogens (primary N) is 1. The lowest BCUT2D eigenvalue weighted by atomic mass is 9.77. The van der Waals surface area contributed by atoms with E-state index in [2.05, 4.69) is 34.5 Å². The van der Waals surface area contributed by atoms with E-state index in [4.69, 9.17) is 15.0 Å². The van der Waals surface area contributed by atoms with Gasteiger partial charge in [-0.3, -0.25) is 4.79 Å². The Morgan fingerprint density at radius 1 is 1.00 bits per heavy atom. The zero-order chi connectivity index (χ0) is 24.1. The quantitative estimate of drug-likeness (QED) is 0.386. The van der Waals surface area contributed by atoms with Gasteiger partial charge in [0.25, 0.3) is 0 Å². The summed E-state index contributed by atoms with van der Waals surface area (Å²) in [4.78, 5) is 11.3. The largest absolute Gasteiger partial charge is 0.481 e. The number of fused-ring (bicyclic) bond motifs is 2. The van der Waals surface area contributed by atoms with Gasteiger partial charge in [0.1, 0.15) is 0 Å². The Hall–Kier alpha value is -3.23. The van der Waals surface area contributed by atoms with Crippen LogP contribution in [-0.2, 0) is 20.5 Å². The van der Waals surface area contributed by atoms with E-state index in [0.29, 0.717) is 5.89 Å². The molecule has 2 saturated heterocycles. The Morgan fingerprint density at radius 3 is 2.12 bits per heavy atom.